The molecule has 34 heavy (non-hydrogen) atoms. The fraction of sp³-hybridized carbons (Fsp3) is 0.684. The third-order valence-electron chi connectivity index (χ3n) is 4.64. The second-order valence-corrected chi connectivity index (χ2v) is 8.49. The van der Waals surface area contributed by atoms with Crippen LogP contribution in [0.15, 0.2) is 0 Å². The Bertz CT molecular complexity index is 750. The van der Waals surface area contributed by atoms with Crippen LogP contribution >= 0.6 is 11.8 Å². The number of aliphatic hydroxyl groups excluding tert-OH is 1. The van der Waals surface area contributed by atoms with Gasteiger partial charge in [-0.25, -0.2) is 4.79 Å². The van der Waals surface area contributed by atoms with Gasteiger partial charge in [0.05, 0.1) is 6.10 Å². The van der Waals surface area contributed by atoms with Crippen molar-refractivity contribution in [2.75, 3.05) is 12.0 Å². The number of rotatable bonds is 17. The Balaban J connectivity index is 5.55. The zero-order valence-corrected chi connectivity index (χ0v) is 19.8. The summed E-state index contributed by atoms with van der Waals surface area (Å²) in [5, 5.41) is 34.4. The first kappa shape index (κ1) is 31.1. The lowest BCUT2D eigenvalue weighted by atomic mass is 10.1. The highest BCUT2D eigenvalue weighted by atomic mass is 32.2. The van der Waals surface area contributed by atoms with Gasteiger partial charge in [-0.1, -0.05) is 0 Å². The van der Waals surface area contributed by atoms with Crippen molar-refractivity contribution in [1.82, 2.24) is 16.0 Å². The maximum absolute atomic E-state index is 12.8. The molecule has 5 atom stereocenters. The molecule has 0 saturated heterocycles. The van der Waals surface area contributed by atoms with Crippen molar-refractivity contribution in [3.05, 3.63) is 0 Å². The Hall–Kier alpha value is -2.91. The van der Waals surface area contributed by atoms with Gasteiger partial charge in [0.2, 0.25) is 23.6 Å². The van der Waals surface area contributed by atoms with Crippen molar-refractivity contribution in [2.24, 2.45) is 11.5 Å². The predicted molar refractivity (Wildman–Crippen MR) is 121 cm³/mol. The topological polar surface area (TPSA) is 251 Å². The molecule has 0 spiro atoms. The number of carboxylic acids is 2. The Morgan fingerprint density at radius 1 is 0.824 bits per heavy atom. The molecule has 0 fully saturated rings. The highest BCUT2D eigenvalue weighted by Crippen LogP contribution is 2.06. The fourth-order valence-electron chi connectivity index (χ4n) is 2.62. The summed E-state index contributed by atoms with van der Waals surface area (Å²) < 4.78 is 0. The van der Waals surface area contributed by atoms with E-state index in [1.54, 1.807) is 6.26 Å². The molecule has 0 bridgehead atoms. The quantitative estimate of drug-likeness (QED) is 0.0992. The van der Waals surface area contributed by atoms with Crippen LogP contribution in [0, 0.1) is 0 Å². The normalized spacial score (nSPS) is 15.2. The number of aliphatic hydroxyl groups is 1. The number of hydrogen-bond donors (Lipinski definition) is 8. The fourth-order valence-corrected chi connectivity index (χ4v) is 3.09. The van der Waals surface area contributed by atoms with Crippen molar-refractivity contribution in [3.8, 4) is 0 Å². The van der Waals surface area contributed by atoms with Crippen LogP contribution in [-0.4, -0.2) is 93.2 Å². The van der Waals surface area contributed by atoms with Gasteiger partial charge >= 0.3 is 11.9 Å². The summed E-state index contributed by atoms with van der Waals surface area (Å²) >= 11 is 1.38. The Labute approximate surface area is 200 Å². The number of amides is 4. The van der Waals surface area contributed by atoms with Crippen LogP contribution in [0.25, 0.3) is 0 Å². The van der Waals surface area contributed by atoms with E-state index in [2.05, 4.69) is 16.0 Å². The minimum absolute atomic E-state index is 0.145. The molecule has 0 rings (SSSR count). The second-order valence-electron chi connectivity index (χ2n) is 7.51. The van der Waals surface area contributed by atoms with Gasteiger partial charge in [-0.05, 0) is 38.2 Å². The number of thioether (sulfide) groups is 1. The van der Waals surface area contributed by atoms with Crippen LogP contribution in [0.2, 0.25) is 0 Å². The van der Waals surface area contributed by atoms with Gasteiger partial charge in [0.1, 0.15) is 24.2 Å². The van der Waals surface area contributed by atoms with E-state index in [0.29, 0.717) is 5.75 Å². The number of carbonyl (C=O) groups excluding carboxylic acids is 4. The summed E-state index contributed by atoms with van der Waals surface area (Å²) in [5.74, 6) is -5.65. The molecule has 194 valence electrons. The largest absolute Gasteiger partial charge is 0.481 e. The number of carbonyl (C=O) groups is 6. The average Bonchev–Trinajstić information content (AvgIpc) is 2.74. The predicted octanol–water partition coefficient (Wildman–Crippen LogP) is -2.88. The van der Waals surface area contributed by atoms with Gasteiger partial charge in [-0.2, -0.15) is 11.8 Å². The van der Waals surface area contributed by atoms with E-state index in [9.17, 15) is 39.0 Å². The molecule has 5 unspecified atom stereocenters. The molecule has 15 heteroatoms. The van der Waals surface area contributed by atoms with E-state index in [1.807, 2.05) is 0 Å². The summed E-state index contributed by atoms with van der Waals surface area (Å²) in [6.45, 7) is 1.30. The number of hydrogen-bond acceptors (Lipinski definition) is 9. The van der Waals surface area contributed by atoms with Crippen molar-refractivity contribution in [3.63, 3.8) is 0 Å². The number of primary amides is 1. The molecule has 0 aliphatic heterocycles. The third-order valence-corrected chi connectivity index (χ3v) is 5.28. The monoisotopic (exact) mass is 507 g/mol. The van der Waals surface area contributed by atoms with Crippen LogP contribution in [-0.2, 0) is 28.8 Å². The van der Waals surface area contributed by atoms with Crippen LogP contribution < -0.4 is 27.4 Å². The van der Waals surface area contributed by atoms with E-state index in [1.165, 1.54) is 18.7 Å². The summed E-state index contributed by atoms with van der Waals surface area (Å²) in [6.07, 6.45) is -0.791. The Morgan fingerprint density at radius 2 is 1.29 bits per heavy atom. The molecule has 0 aliphatic rings. The van der Waals surface area contributed by atoms with E-state index in [4.69, 9.17) is 16.6 Å². The summed E-state index contributed by atoms with van der Waals surface area (Å²) in [5.41, 5.74) is 10.7. The zero-order chi connectivity index (χ0) is 26.4. The third kappa shape index (κ3) is 12.4. The van der Waals surface area contributed by atoms with E-state index in [0.717, 1.165) is 0 Å². The van der Waals surface area contributed by atoms with Gasteiger partial charge in [0.25, 0.3) is 0 Å². The molecule has 10 N–H and O–H groups in total. The van der Waals surface area contributed by atoms with E-state index < -0.39 is 78.7 Å². The lowest BCUT2D eigenvalue weighted by Crippen LogP contribution is -2.58. The number of carboxylic acid groups (broad SMARTS) is 2. The second kappa shape index (κ2) is 15.8. The molecule has 0 aromatic heterocycles. The van der Waals surface area contributed by atoms with Gasteiger partial charge in [-0.15, -0.1) is 0 Å². The number of nitrogens with two attached hydrogens (primary N) is 2. The summed E-state index contributed by atoms with van der Waals surface area (Å²) in [6, 6.07) is -5.39. The molecule has 0 saturated carbocycles. The van der Waals surface area contributed by atoms with E-state index in [-0.39, 0.29) is 19.3 Å². The lowest BCUT2D eigenvalue weighted by molar-refractivity contribution is -0.143. The van der Waals surface area contributed by atoms with Crippen molar-refractivity contribution < 1.29 is 44.1 Å². The van der Waals surface area contributed by atoms with Gasteiger partial charge in [0.15, 0.2) is 0 Å². The minimum Gasteiger partial charge on any atom is -0.481 e. The first-order valence-corrected chi connectivity index (χ1v) is 11.8. The SMILES string of the molecule is CSCCC(NC(=O)C(N)C(C)O)C(=O)NC(CCC(N)=O)C(=O)NC(CCC(=O)O)C(=O)O. The van der Waals surface area contributed by atoms with E-state index >= 15 is 0 Å². The average molecular weight is 508 g/mol. The Kier molecular flexibility index (Phi) is 14.5. The number of nitrogens with one attached hydrogen (secondary N) is 3. The maximum Gasteiger partial charge on any atom is 0.326 e. The zero-order valence-electron chi connectivity index (χ0n) is 19.0. The summed E-state index contributed by atoms with van der Waals surface area (Å²) in [4.78, 5) is 71.0. The molecule has 0 aromatic rings. The van der Waals surface area contributed by atoms with Crippen LogP contribution in [0.3, 0.4) is 0 Å². The molecule has 0 radical (unpaired) electrons. The molecule has 0 heterocycles. The first-order valence-electron chi connectivity index (χ1n) is 10.4. The maximum atomic E-state index is 12.8. The highest BCUT2D eigenvalue weighted by Gasteiger charge is 2.31. The molecule has 14 nitrogen and oxygen atoms in total. The van der Waals surface area contributed by atoms with Gasteiger partial charge in [0, 0.05) is 12.8 Å². The van der Waals surface area contributed by atoms with Crippen LogP contribution in [0.1, 0.15) is 39.0 Å². The summed E-state index contributed by atoms with van der Waals surface area (Å²) in [7, 11) is 0. The standard InChI is InChI=1S/C19H33N5O9S/c1-9(25)15(21)18(31)23-11(7-8-34-2)17(30)22-10(3-5-13(20)26)16(29)24-12(19(32)33)4-6-14(27)28/h9-12,15,25H,3-8,21H2,1-2H3,(H2,20,26)(H,22,30)(H,23,31)(H,24,29)(H,27,28)(H,32,33). The molecular weight excluding hydrogens is 474 g/mol. The van der Waals surface area contributed by atoms with Crippen LogP contribution in [0.5, 0.6) is 0 Å². The van der Waals surface area contributed by atoms with Crippen LogP contribution in [0.4, 0.5) is 0 Å². The number of aliphatic carboxylic acids is 2. The van der Waals surface area contributed by atoms with Gasteiger partial charge in [-0.3, -0.25) is 24.0 Å². The van der Waals surface area contributed by atoms with Crippen molar-refractivity contribution in [1.29, 1.82) is 0 Å². The highest BCUT2D eigenvalue weighted by molar-refractivity contribution is 7.98. The molecular formula is C19H33N5O9S. The molecule has 0 aliphatic carbocycles. The van der Waals surface area contributed by atoms with Crippen molar-refractivity contribution >= 4 is 47.3 Å². The molecule has 0 aromatic carbocycles. The molecule has 4 amide bonds. The lowest BCUT2D eigenvalue weighted by Gasteiger charge is -2.25. The Morgan fingerprint density at radius 3 is 1.74 bits per heavy atom. The smallest absolute Gasteiger partial charge is 0.326 e. The first-order chi connectivity index (χ1) is 15.8. The van der Waals surface area contributed by atoms with Gasteiger partial charge < -0.3 is 42.7 Å². The van der Waals surface area contributed by atoms with Crippen molar-refractivity contribution in [2.45, 2.75) is 69.3 Å². The minimum atomic E-state index is -1.55.